The smallest absolute Gasteiger partial charge is 0.343 e. The molecule has 0 radical (unpaired) electrons. The second-order valence-corrected chi connectivity index (χ2v) is 18.8. The van der Waals surface area contributed by atoms with E-state index in [4.69, 9.17) is 27.8 Å². The Kier molecular flexibility index (Phi) is 22.9. The van der Waals surface area contributed by atoms with E-state index in [1.807, 2.05) is 24.3 Å². The van der Waals surface area contributed by atoms with Crippen LogP contribution in [0.4, 0.5) is 0 Å². The van der Waals surface area contributed by atoms with Crippen molar-refractivity contribution in [1.82, 2.24) is 20.4 Å². The molecule has 0 unspecified atom stereocenters. The van der Waals surface area contributed by atoms with Crippen LogP contribution in [0.25, 0.3) is 22.9 Å². The van der Waals surface area contributed by atoms with Gasteiger partial charge in [-0.15, -0.1) is 20.4 Å². The number of rotatable bonds is 33. The molecule has 0 N–H and O–H groups in total. The van der Waals surface area contributed by atoms with Crippen LogP contribution in [0.15, 0.2) is 116 Å². The van der Waals surface area contributed by atoms with Crippen LogP contribution in [0.5, 0.6) is 23.0 Å². The Morgan fingerprint density at radius 3 is 1.13 bits per heavy atom. The predicted octanol–water partition coefficient (Wildman–Crippen LogP) is 14.9. The third-order valence-corrected chi connectivity index (χ3v) is 12.9. The van der Waals surface area contributed by atoms with E-state index in [9.17, 15) is 9.59 Å². The lowest BCUT2D eigenvalue weighted by Gasteiger charge is -2.08. The van der Waals surface area contributed by atoms with Gasteiger partial charge in [0.2, 0.25) is 11.8 Å². The van der Waals surface area contributed by atoms with Gasteiger partial charge in [0.15, 0.2) is 0 Å². The molecular formula is C54H66N4O8S2. The number of carbonyl (C=O) groups excluding carboxylic acids is 2. The van der Waals surface area contributed by atoms with Gasteiger partial charge in [-0.3, -0.25) is 0 Å². The van der Waals surface area contributed by atoms with Crippen LogP contribution >= 0.6 is 23.5 Å². The van der Waals surface area contributed by atoms with Crippen molar-refractivity contribution in [3.05, 3.63) is 108 Å². The Hall–Kier alpha value is -5.60. The lowest BCUT2D eigenvalue weighted by atomic mass is 10.1. The predicted molar refractivity (Wildman–Crippen MR) is 269 cm³/mol. The number of esters is 2. The molecule has 12 nitrogen and oxygen atoms in total. The number of carbonyl (C=O) groups is 2. The molecule has 6 aromatic rings. The summed E-state index contributed by atoms with van der Waals surface area (Å²) in [5, 5.41) is 17.9. The van der Waals surface area contributed by atoms with Gasteiger partial charge in [0.1, 0.15) is 23.0 Å². The number of aromatic nitrogens is 4. The molecule has 362 valence electrons. The molecule has 2 heterocycles. The fourth-order valence-electron chi connectivity index (χ4n) is 7.18. The SMILES string of the molecule is CCCCCCCCCOc1ccc(C(=O)Oc2ccc(-c3nnc(SCCCCCCSc4nnc(-c5ccc(OC(=O)c6ccc(OCCCCCCCCC)cc6)cc5)o4)o3)cc2)cc1. The molecular weight excluding hydrogens is 897 g/mol. The van der Waals surface area contributed by atoms with Gasteiger partial charge in [-0.25, -0.2) is 9.59 Å². The van der Waals surface area contributed by atoms with Crippen molar-refractivity contribution < 1.29 is 37.4 Å². The molecule has 0 saturated carbocycles. The summed E-state index contributed by atoms with van der Waals surface area (Å²) in [4.78, 5) is 25.5. The Balaban J connectivity index is 0.799. The topological polar surface area (TPSA) is 149 Å². The van der Waals surface area contributed by atoms with Crippen molar-refractivity contribution in [2.24, 2.45) is 0 Å². The van der Waals surface area contributed by atoms with E-state index >= 15 is 0 Å². The molecule has 2 aromatic heterocycles. The zero-order valence-electron chi connectivity index (χ0n) is 39.7. The normalized spacial score (nSPS) is 11.1. The first kappa shape index (κ1) is 51.8. The van der Waals surface area contributed by atoms with Crippen molar-refractivity contribution in [3.63, 3.8) is 0 Å². The first-order chi connectivity index (χ1) is 33.5. The van der Waals surface area contributed by atoms with Gasteiger partial charge in [0.25, 0.3) is 10.4 Å². The average Bonchev–Trinajstić information content (AvgIpc) is 4.05. The quantitative estimate of drug-likeness (QED) is 0.0167. The molecule has 14 heteroatoms. The second kappa shape index (κ2) is 30.0. The highest BCUT2D eigenvalue weighted by atomic mass is 32.2. The Morgan fingerprint density at radius 2 is 0.750 bits per heavy atom. The first-order valence-electron chi connectivity index (χ1n) is 24.5. The zero-order valence-corrected chi connectivity index (χ0v) is 41.3. The van der Waals surface area contributed by atoms with Crippen LogP contribution in [0.2, 0.25) is 0 Å². The largest absolute Gasteiger partial charge is 0.494 e. The van der Waals surface area contributed by atoms with Crippen LogP contribution in [-0.4, -0.2) is 57.1 Å². The van der Waals surface area contributed by atoms with Gasteiger partial charge in [-0.1, -0.05) is 127 Å². The molecule has 0 fully saturated rings. The number of nitrogens with zero attached hydrogens (tertiary/aromatic N) is 4. The summed E-state index contributed by atoms with van der Waals surface area (Å²) in [6.45, 7) is 5.81. The van der Waals surface area contributed by atoms with E-state index in [1.165, 1.54) is 101 Å². The van der Waals surface area contributed by atoms with E-state index < -0.39 is 11.9 Å². The molecule has 0 aliphatic rings. The third kappa shape index (κ3) is 18.5. The van der Waals surface area contributed by atoms with Gasteiger partial charge in [0.05, 0.1) is 24.3 Å². The highest BCUT2D eigenvalue weighted by molar-refractivity contribution is 7.99. The van der Waals surface area contributed by atoms with E-state index in [0.717, 1.165) is 72.7 Å². The van der Waals surface area contributed by atoms with Crippen LogP contribution < -0.4 is 18.9 Å². The van der Waals surface area contributed by atoms with E-state index in [2.05, 4.69) is 34.2 Å². The summed E-state index contributed by atoms with van der Waals surface area (Å²) in [6.07, 6.45) is 21.4. The number of hydrogen-bond donors (Lipinski definition) is 0. The maximum absolute atomic E-state index is 12.8. The zero-order chi connectivity index (χ0) is 47.4. The maximum atomic E-state index is 12.8. The summed E-state index contributed by atoms with van der Waals surface area (Å²) in [7, 11) is 0. The van der Waals surface area contributed by atoms with Crippen LogP contribution in [0.1, 0.15) is 150 Å². The van der Waals surface area contributed by atoms with Crippen LogP contribution in [0.3, 0.4) is 0 Å². The lowest BCUT2D eigenvalue weighted by molar-refractivity contribution is 0.0725. The fraction of sp³-hybridized carbons (Fsp3) is 0.444. The molecule has 0 aliphatic heterocycles. The van der Waals surface area contributed by atoms with Crippen molar-refractivity contribution in [3.8, 4) is 45.9 Å². The highest BCUT2D eigenvalue weighted by Gasteiger charge is 2.14. The first-order valence-corrected chi connectivity index (χ1v) is 26.5. The number of benzene rings is 4. The maximum Gasteiger partial charge on any atom is 0.343 e. The van der Waals surface area contributed by atoms with Crippen LogP contribution in [-0.2, 0) is 0 Å². The van der Waals surface area contributed by atoms with Crippen LogP contribution in [0, 0.1) is 0 Å². The number of hydrogen-bond acceptors (Lipinski definition) is 14. The molecule has 0 atom stereocenters. The Morgan fingerprint density at radius 1 is 0.412 bits per heavy atom. The van der Waals surface area contributed by atoms with Gasteiger partial charge in [0, 0.05) is 22.6 Å². The molecule has 68 heavy (non-hydrogen) atoms. The lowest BCUT2D eigenvalue weighted by Crippen LogP contribution is -2.08. The molecule has 0 saturated heterocycles. The van der Waals surface area contributed by atoms with Crippen molar-refractivity contribution in [2.75, 3.05) is 24.7 Å². The Bertz CT molecular complexity index is 2170. The van der Waals surface area contributed by atoms with Gasteiger partial charge >= 0.3 is 11.9 Å². The fourth-order valence-corrected chi connectivity index (χ4v) is 8.70. The Labute approximate surface area is 410 Å². The van der Waals surface area contributed by atoms with E-state index in [-0.39, 0.29) is 0 Å². The third-order valence-electron chi connectivity index (χ3n) is 11.1. The minimum atomic E-state index is -0.437. The second-order valence-electron chi connectivity index (χ2n) is 16.7. The molecule has 0 bridgehead atoms. The minimum Gasteiger partial charge on any atom is -0.494 e. The molecule has 6 rings (SSSR count). The highest BCUT2D eigenvalue weighted by Crippen LogP contribution is 2.29. The number of unbranched alkanes of at least 4 members (excludes halogenated alkanes) is 15. The number of thioether (sulfide) groups is 2. The summed E-state index contributed by atoms with van der Waals surface area (Å²) >= 11 is 3.08. The standard InChI is InChI=1S/C54H66N4O8S2/c1-3-5-7-9-11-13-17-37-61-45-29-25-43(26-30-45)51(59)63-47-33-21-41(22-34-47)49-55-57-53(65-49)67-39-19-15-16-20-40-68-54-58-56-50(66-54)42-23-35-48(36-24-42)64-52(60)44-27-31-46(32-28-44)62-38-18-14-12-10-8-6-4-2/h21-36H,3-20,37-40H2,1-2H3. The van der Waals surface area contributed by atoms with E-state index in [0.29, 0.717) is 58.1 Å². The molecule has 0 aliphatic carbocycles. The summed E-state index contributed by atoms with van der Waals surface area (Å²) in [6, 6.07) is 28.2. The summed E-state index contributed by atoms with van der Waals surface area (Å²) < 4.78 is 34.7. The van der Waals surface area contributed by atoms with Crippen molar-refractivity contribution in [2.45, 2.75) is 140 Å². The minimum absolute atomic E-state index is 0.411. The van der Waals surface area contributed by atoms with Gasteiger partial charge in [-0.05, 0) is 123 Å². The molecule has 0 amide bonds. The molecule has 4 aromatic carbocycles. The summed E-state index contributed by atoms with van der Waals surface area (Å²) in [5.74, 6) is 4.02. The van der Waals surface area contributed by atoms with Crippen molar-refractivity contribution in [1.29, 1.82) is 0 Å². The monoisotopic (exact) mass is 962 g/mol. The van der Waals surface area contributed by atoms with E-state index in [1.54, 1.807) is 72.8 Å². The summed E-state index contributed by atoms with van der Waals surface area (Å²) in [5.41, 5.74) is 2.39. The van der Waals surface area contributed by atoms with Gasteiger partial charge in [-0.2, -0.15) is 0 Å². The van der Waals surface area contributed by atoms with Gasteiger partial charge < -0.3 is 27.8 Å². The molecule has 0 spiro atoms. The number of ether oxygens (including phenoxy) is 4. The average molecular weight is 963 g/mol. The van der Waals surface area contributed by atoms with Crippen molar-refractivity contribution >= 4 is 35.5 Å².